The van der Waals surface area contributed by atoms with Crippen LogP contribution in [0.2, 0.25) is 0 Å². The van der Waals surface area contributed by atoms with E-state index >= 15 is 0 Å². The molecule has 0 aliphatic carbocycles. The average molecular weight is 351 g/mol. The molecule has 144 valence electrons. The van der Waals surface area contributed by atoms with Gasteiger partial charge < -0.3 is 10.2 Å². The molecule has 0 unspecified atom stereocenters. The Labute approximate surface area is 154 Å². The van der Waals surface area contributed by atoms with Crippen molar-refractivity contribution in [3.63, 3.8) is 0 Å². The van der Waals surface area contributed by atoms with Gasteiger partial charge in [0.15, 0.2) is 0 Å². The summed E-state index contributed by atoms with van der Waals surface area (Å²) in [6.07, 6.45) is 6.55. The molecule has 0 spiro atoms. The van der Waals surface area contributed by atoms with Crippen LogP contribution in [0.3, 0.4) is 0 Å². The Morgan fingerprint density at radius 1 is 1.12 bits per heavy atom. The van der Waals surface area contributed by atoms with Crippen LogP contribution in [0.4, 0.5) is 0 Å². The Hall–Kier alpha value is -1.58. The van der Waals surface area contributed by atoms with Crippen LogP contribution < -0.4 is 5.32 Å². The van der Waals surface area contributed by atoms with Gasteiger partial charge >= 0.3 is 0 Å². The number of carbonyl (C=O) groups is 2. The van der Waals surface area contributed by atoms with Gasteiger partial charge in [0.05, 0.1) is 0 Å². The van der Waals surface area contributed by atoms with Gasteiger partial charge in [-0.3, -0.25) is 9.59 Å². The van der Waals surface area contributed by atoms with Gasteiger partial charge in [-0.2, -0.15) is 0 Å². The molecular formula is C21H38N2O2. The minimum atomic E-state index is -0.527. The number of nitrogens with one attached hydrogen (secondary N) is 1. The first-order valence-electron chi connectivity index (χ1n) is 9.09. The third-order valence-electron chi connectivity index (χ3n) is 4.32. The summed E-state index contributed by atoms with van der Waals surface area (Å²) in [4.78, 5) is 27.4. The quantitative estimate of drug-likeness (QED) is 0.700. The number of amides is 2. The Bertz CT molecular complexity index is 495. The van der Waals surface area contributed by atoms with Crippen molar-refractivity contribution in [1.29, 1.82) is 0 Å². The second-order valence-electron chi connectivity index (χ2n) is 9.09. The minimum absolute atomic E-state index is 0.0214. The summed E-state index contributed by atoms with van der Waals surface area (Å²) < 4.78 is 0. The molecule has 0 aliphatic rings. The third kappa shape index (κ3) is 7.89. The van der Waals surface area contributed by atoms with Gasteiger partial charge in [-0.1, -0.05) is 59.4 Å². The van der Waals surface area contributed by atoms with Crippen molar-refractivity contribution in [2.75, 3.05) is 7.05 Å². The lowest BCUT2D eigenvalue weighted by atomic mass is 9.83. The fraction of sp³-hybridized carbons (Fsp3) is 0.714. The zero-order chi connectivity index (χ0) is 20.0. The fourth-order valence-corrected chi connectivity index (χ4v) is 2.78. The van der Waals surface area contributed by atoms with Gasteiger partial charge in [0.1, 0.15) is 6.04 Å². The maximum absolute atomic E-state index is 13.0. The lowest BCUT2D eigenvalue weighted by molar-refractivity contribution is -0.147. The van der Waals surface area contributed by atoms with Crippen molar-refractivity contribution in [3.8, 4) is 0 Å². The summed E-state index contributed by atoms with van der Waals surface area (Å²) in [5.41, 5.74) is -0.868. The molecule has 4 heteroatoms. The number of allylic oxidation sites excluding steroid dienone is 3. The molecule has 3 atom stereocenters. The van der Waals surface area contributed by atoms with Crippen LogP contribution in [-0.2, 0) is 9.59 Å². The van der Waals surface area contributed by atoms with Crippen molar-refractivity contribution >= 4 is 11.8 Å². The standard InChI is InChI=1S/C21H38N2O2/c1-11-12-13-14-15(2)16(3)17(18(24)22-21(7,8)9)23(10)19(25)20(4,5)6/h11-13,15-17H,1,14H2,2-10H3,(H,22,24)/b13-12-/t15-,16-,17+/m1/s1. The minimum Gasteiger partial charge on any atom is -0.350 e. The molecule has 0 rings (SSSR count). The normalized spacial score (nSPS) is 16.2. The van der Waals surface area contributed by atoms with Gasteiger partial charge in [0.25, 0.3) is 0 Å². The van der Waals surface area contributed by atoms with Crippen LogP contribution in [-0.4, -0.2) is 35.3 Å². The molecule has 4 nitrogen and oxygen atoms in total. The smallest absolute Gasteiger partial charge is 0.243 e. The highest BCUT2D eigenvalue weighted by atomic mass is 16.2. The predicted molar refractivity (Wildman–Crippen MR) is 106 cm³/mol. The summed E-state index contributed by atoms with van der Waals surface area (Å²) in [6, 6.07) is -0.502. The van der Waals surface area contributed by atoms with Crippen molar-refractivity contribution in [3.05, 3.63) is 24.8 Å². The topological polar surface area (TPSA) is 49.4 Å². The molecule has 0 radical (unpaired) electrons. The molecule has 0 heterocycles. The number of nitrogens with zero attached hydrogens (tertiary/aromatic N) is 1. The van der Waals surface area contributed by atoms with E-state index in [-0.39, 0.29) is 29.2 Å². The second kappa shape index (κ2) is 9.21. The van der Waals surface area contributed by atoms with E-state index in [9.17, 15) is 9.59 Å². The molecule has 1 N–H and O–H groups in total. The lowest BCUT2D eigenvalue weighted by Gasteiger charge is -2.39. The van der Waals surface area contributed by atoms with Crippen LogP contribution >= 0.6 is 0 Å². The molecule has 25 heavy (non-hydrogen) atoms. The largest absolute Gasteiger partial charge is 0.350 e. The molecule has 0 aromatic heterocycles. The van der Waals surface area contributed by atoms with Gasteiger partial charge in [0.2, 0.25) is 11.8 Å². The average Bonchev–Trinajstić information content (AvgIpc) is 2.43. The van der Waals surface area contributed by atoms with E-state index < -0.39 is 11.5 Å². The SMILES string of the molecule is C=C/C=C\C[C@@H](C)[C@@H](C)[C@@H](C(=O)NC(C)(C)C)N(C)C(=O)C(C)(C)C. The number of carbonyl (C=O) groups excluding carboxylic acids is 2. The van der Waals surface area contributed by atoms with Crippen molar-refractivity contribution < 1.29 is 9.59 Å². The van der Waals surface area contributed by atoms with Crippen molar-refractivity contribution in [2.45, 2.75) is 73.4 Å². The molecule has 0 bridgehead atoms. The Balaban J connectivity index is 5.58. The zero-order valence-corrected chi connectivity index (χ0v) is 17.6. The van der Waals surface area contributed by atoms with Crippen LogP contribution in [0.15, 0.2) is 24.8 Å². The van der Waals surface area contributed by atoms with Crippen molar-refractivity contribution in [2.24, 2.45) is 17.3 Å². The maximum Gasteiger partial charge on any atom is 0.243 e. The summed E-state index contributed by atoms with van der Waals surface area (Å²) >= 11 is 0. The first-order valence-corrected chi connectivity index (χ1v) is 9.09. The maximum atomic E-state index is 13.0. The Morgan fingerprint density at radius 2 is 1.64 bits per heavy atom. The number of hydrogen-bond donors (Lipinski definition) is 1. The molecular weight excluding hydrogens is 312 g/mol. The third-order valence-corrected chi connectivity index (χ3v) is 4.32. The second-order valence-corrected chi connectivity index (χ2v) is 9.09. The van der Waals surface area contributed by atoms with E-state index in [4.69, 9.17) is 0 Å². The zero-order valence-electron chi connectivity index (χ0n) is 17.6. The van der Waals surface area contributed by atoms with E-state index in [2.05, 4.69) is 24.9 Å². The first-order chi connectivity index (χ1) is 11.2. The van der Waals surface area contributed by atoms with E-state index in [1.54, 1.807) is 18.0 Å². The molecule has 0 saturated heterocycles. The molecule has 0 aromatic carbocycles. The first kappa shape index (κ1) is 23.4. The number of rotatable bonds is 7. The van der Waals surface area contributed by atoms with Crippen LogP contribution in [0, 0.1) is 17.3 Å². The van der Waals surface area contributed by atoms with E-state index in [1.807, 2.05) is 54.5 Å². The van der Waals surface area contributed by atoms with Crippen LogP contribution in [0.5, 0.6) is 0 Å². The van der Waals surface area contributed by atoms with Gasteiger partial charge in [-0.15, -0.1) is 0 Å². The highest BCUT2D eigenvalue weighted by molar-refractivity contribution is 5.90. The Morgan fingerprint density at radius 3 is 2.04 bits per heavy atom. The van der Waals surface area contributed by atoms with E-state index in [0.717, 1.165) is 6.42 Å². The lowest BCUT2D eigenvalue weighted by Crippen LogP contribution is -2.57. The summed E-state index contributed by atoms with van der Waals surface area (Å²) in [5.74, 6) is 0.150. The Kier molecular flexibility index (Phi) is 8.63. The number of likely N-dealkylation sites (N-methyl/N-ethyl adjacent to an activating group) is 1. The fourth-order valence-electron chi connectivity index (χ4n) is 2.78. The van der Waals surface area contributed by atoms with Gasteiger partial charge in [-0.25, -0.2) is 0 Å². The molecule has 0 aliphatic heterocycles. The van der Waals surface area contributed by atoms with Gasteiger partial charge in [-0.05, 0) is 39.0 Å². The molecule has 0 saturated carbocycles. The monoisotopic (exact) mass is 350 g/mol. The molecule has 0 fully saturated rings. The van der Waals surface area contributed by atoms with E-state index in [0.29, 0.717) is 0 Å². The van der Waals surface area contributed by atoms with Crippen LogP contribution in [0.1, 0.15) is 61.8 Å². The summed E-state index contributed by atoms with van der Waals surface area (Å²) in [5, 5.41) is 3.04. The van der Waals surface area contributed by atoms with Gasteiger partial charge in [0, 0.05) is 18.0 Å². The highest BCUT2D eigenvalue weighted by Gasteiger charge is 2.38. The molecule has 0 aromatic rings. The van der Waals surface area contributed by atoms with Crippen LogP contribution in [0.25, 0.3) is 0 Å². The van der Waals surface area contributed by atoms with Crippen molar-refractivity contribution in [1.82, 2.24) is 10.2 Å². The highest BCUT2D eigenvalue weighted by Crippen LogP contribution is 2.27. The molecule has 2 amide bonds. The number of hydrogen-bond acceptors (Lipinski definition) is 2. The summed E-state index contributed by atoms with van der Waals surface area (Å²) in [6.45, 7) is 19.3. The summed E-state index contributed by atoms with van der Waals surface area (Å²) in [7, 11) is 1.74. The predicted octanol–water partition coefficient (Wildman–Crippen LogP) is 4.18. The van der Waals surface area contributed by atoms with E-state index in [1.165, 1.54) is 0 Å².